The van der Waals surface area contributed by atoms with Crippen molar-refractivity contribution in [3.05, 3.63) is 29.8 Å². The number of unbranched alkanes of at least 4 members (excludes halogenated alkanes) is 6. The summed E-state index contributed by atoms with van der Waals surface area (Å²) in [6.07, 6.45) is 10.6. The van der Waals surface area contributed by atoms with E-state index < -0.39 is 5.79 Å². The van der Waals surface area contributed by atoms with Crippen LogP contribution in [0.15, 0.2) is 24.3 Å². The van der Waals surface area contributed by atoms with Gasteiger partial charge in [0.25, 0.3) is 0 Å². The molecule has 0 bridgehead atoms. The van der Waals surface area contributed by atoms with E-state index in [1.807, 2.05) is 12.1 Å². The second-order valence-corrected chi connectivity index (χ2v) is 6.03. The summed E-state index contributed by atoms with van der Waals surface area (Å²) in [5, 5.41) is 9.37. The van der Waals surface area contributed by atoms with Gasteiger partial charge >= 0.3 is 0 Å². The van der Waals surface area contributed by atoms with Gasteiger partial charge in [-0.05, 0) is 24.1 Å². The van der Waals surface area contributed by atoms with Crippen molar-refractivity contribution in [3.63, 3.8) is 0 Å². The Morgan fingerprint density at radius 3 is 1.95 bits per heavy atom. The maximum absolute atomic E-state index is 9.37. The Morgan fingerprint density at radius 1 is 0.864 bits per heavy atom. The lowest BCUT2D eigenvalue weighted by atomic mass is 9.98. The third kappa shape index (κ3) is 6.80. The van der Waals surface area contributed by atoms with Crippen LogP contribution in [0.5, 0.6) is 5.75 Å². The molecule has 126 valence electrons. The van der Waals surface area contributed by atoms with Crippen molar-refractivity contribution < 1.29 is 14.6 Å². The zero-order valence-corrected chi connectivity index (χ0v) is 14.4. The van der Waals surface area contributed by atoms with Crippen molar-refractivity contribution in [1.82, 2.24) is 0 Å². The summed E-state index contributed by atoms with van der Waals surface area (Å²) in [6, 6.07) is 7.26. The number of phenols is 1. The molecule has 0 saturated carbocycles. The molecule has 1 aromatic rings. The average molecular weight is 308 g/mol. The Balaban J connectivity index is 2.40. The minimum atomic E-state index is -0.555. The molecular weight excluding hydrogens is 276 g/mol. The Kier molecular flexibility index (Phi) is 9.17. The van der Waals surface area contributed by atoms with Crippen molar-refractivity contribution in [3.8, 4) is 5.75 Å². The van der Waals surface area contributed by atoms with Crippen molar-refractivity contribution in [2.45, 2.75) is 70.5 Å². The fraction of sp³-hybridized carbons (Fsp3) is 0.684. The number of ether oxygens (including phenoxy) is 2. The highest BCUT2D eigenvalue weighted by molar-refractivity contribution is 5.26. The third-order valence-corrected chi connectivity index (χ3v) is 4.32. The standard InChI is InChI=1S/C19H32O3/c1-4-5-6-7-8-9-10-15-19(21-2,22-3)16-17-11-13-18(20)14-12-17/h11-14,20H,4-10,15-16H2,1-3H3. The van der Waals surface area contributed by atoms with E-state index in [1.165, 1.54) is 38.5 Å². The molecule has 0 unspecified atom stereocenters. The van der Waals surface area contributed by atoms with Crippen molar-refractivity contribution in [1.29, 1.82) is 0 Å². The minimum absolute atomic E-state index is 0.288. The normalized spacial score (nSPS) is 11.8. The third-order valence-electron chi connectivity index (χ3n) is 4.32. The molecule has 0 aliphatic carbocycles. The summed E-state index contributed by atoms with van der Waals surface area (Å²) in [5.41, 5.74) is 1.12. The molecule has 0 heterocycles. The van der Waals surface area contributed by atoms with Crippen molar-refractivity contribution in [2.75, 3.05) is 14.2 Å². The smallest absolute Gasteiger partial charge is 0.171 e. The molecule has 1 rings (SSSR count). The number of rotatable bonds is 12. The number of hydrogen-bond acceptors (Lipinski definition) is 3. The molecule has 0 atom stereocenters. The average Bonchev–Trinajstić information content (AvgIpc) is 2.55. The van der Waals surface area contributed by atoms with Crippen LogP contribution in [0.4, 0.5) is 0 Å². The van der Waals surface area contributed by atoms with Gasteiger partial charge in [-0.1, -0.05) is 57.6 Å². The molecule has 0 aromatic heterocycles. The summed E-state index contributed by atoms with van der Waals surface area (Å²) >= 11 is 0. The number of aromatic hydroxyl groups is 1. The van der Waals surface area contributed by atoms with Crippen LogP contribution < -0.4 is 0 Å². The molecule has 0 saturated heterocycles. The number of phenolic OH excluding ortho intramolecular Hbond substituents is 1. The topological polar surface area (TPSA) is 38.7 Å². The number of hydrogen-bond donors (Lipinski definition) is 1. The molecule has 0 aliphatic heterocycles. The Morgan fingerprint density at radius 2 is 1.41 bits per heavy atom. The van der Waals surface area contributed by atoms with Crippen LogP contribution >= 0.6 is 0 Å². The predicted molar refractivity (Wildman–Crippen MR) is 91.2 cm³/mol. The summed E-state index contributed by atoms with van der Waals surface area (Å²) in [4.78, 5) is 0. The molecule has 22 heavy (non-hydrogen) atoms. The molecule has 0 radical (unpaired) electrons. The molecule has 3 nitrogen and oxygen atoms in total. The summed E-state index contributed by atoms with van der Waals surface area (Å²) in [5.74, 6) is -0.267. The highest BCUT2D eigenvalue weighted by atomic mass is 16.7. The first-order valence-electron chi connectivity index (χ1n) is 8.54. The van der Waals surface area contributed by atoms with Gasteiger partial charge in [0.05, 0.1) is 0 Å². The second kappa shape index (κ2) is 10.6. The molecule has 3 heteroatoms. The van der Waals surface area contributed by atoms with E-state index in [-0.39, 0.29) is 5.75 Å². The van der Waals surface area contributed by atoms with Crippen molar-refractivity contribution >= 4 is 0 Å². The summed E-state index contributed by atoms with van der Waals surface area (Å²) in [6.45, 7) is 2.24. The molecule has 0 spiro atoms. The highest BCUT2D eigenvalue weighted by Gasteiger charge is 2.29. The van der Waals surface area contributed by atoms with E-state index in [1.54, 1.807) is 26.4 Å². The molecule has 1 N–H and O–H groups in total. The second-order valence-electron chi connectivity index (χ2n) is 6.03. The van der Waals surface area contributed by atoms with Crippen LogP contribution in [0.2, 0.25) is 0 Å². The van der Waals surface area contributed by atoms with Gasteiger partial charge in [0.15, 0.2) is 5.79 Å². The zero-order chi connectivity index (χ0) is 16.3. The highest BCUT2D eigenvalue weighted by Crippen LogP contribution is 2.26. The van der Waals surface area contributed by atoms with Crippen LogP contribution in [-0.2, 0) is 15.9 Å². The molecular formula is C19H32O3. The maximum Gasteiger partial charge on any atom is 0.171 e. The molecule has 1 aromatic carbocycles. The molecule has 0 amide bonds. The maximum atomic E-state index is 9.37. The summed E-state index contributed by atoms with van der Waals surface area (Å²) in [7, 11) is 3.43. The Bertz CT molecular complexity index is 382. The van der Waals surface area contributed by atoms with Gasteiger partial charge in [0, 0.05) is 27.1 Å². The minimum Gasteiger partial charge on any atom is -0.508 e. The van der Waals surface area contributed by atoms with Crippen LogP contribution in [-0.4, -0.2) is 25.1 Å². The van der Waals surface area contributed by atoms with E-state index in [0.717, 1.165) is 18.4 Å². The zero-order valence-electron chi connectivity index (χ0n) is 14.4. The first-order valence-corrected chi connectivity index (χ1v) is 8.54. The van der Waals surface area contributed by atoms with Crippen molar-refractivity contribution in [2.24, 2.45) is 0 Å². The SMILES string of the molecule is CCCCCCCCCC(Cc1ccc(O)cc1)(OC)OC. The number of benzene rings is 1. The lowest BCUT2D eigenvalue weighted by Crippen LogP contribution is -2.36. The van der Waals surface area contributed by atoms with Crippen LogP contribution in [0.3, 0.4) is 0 Å². The molecule has 0 aliphatic rings. The first-order chi connectivity index (χ1) is 10.7. The fourth-order valence-electron chi connectivity index (χ4n) is 2.80. The summed E-state index contributed by atoms with van der Waals surface area (Å²) < 4.78 is 11.4. The fourth-order valence-corrected chi connectivity index (χ4v) is 2.80. The van der Waals surface area contributed by atoms with Gasteiger partial charge in [-0.15, -0.1) is 0 Å². The quantitative estimate of drug-likeness (QED) is 0.433. The van der Waals surface area contributed by atoms with Gasteiger partial charge < -0.3 is 14.6 Å². The van der Waals surface area contributed by atoms with Gasteiger partial charge in [-0.25, -0.2) is 0 Å². The largest absolute Gasteiger partial charge is 0.508 e. The Labute approximate surface area is 135 Å². The van der Waals surface area contributed by atoms with E-state index in [4.69, 9.17) is 9.47 Å². The van der Waals surface area contributed by atoms with Gasteiger partial charge in [-0.2, -0.15) is 0 Å². The first kappa shape index (κ1) is 19.0. The van der Waals surface area contributed by atoms with E-state index in [0.29, 0.717) is 6.42 Å². The lowest BCUT2D eigenvalue weighted by Gasteiger charge is -2.31. The molecule has 0 fully saturated rings. The Hall–Kier alpha value is -1.06. The van der Waals surface area contributed by atoms with E-state index >= 15 is 0 Å². The van der Waals surface area contributed by atoms with Gasteiger partial charge in [0.1, 0.15) is 5.75 Å². The lowest BCUT2D eigenvalue weighted by molar-refractivity contribution is -0.210. The number of methoxy groups -OCH3 is 2. The van der Waals surface area contributed by atoms with Gasteiger partial charge in [-0.3, -0.25) is 0 Å². The monoisotopic (exact) mass is 308 g/mol. The van der Waals surface area contributed by atoms with E-state index in [9.17, 15) is 5.11 Å². The van der Waals surface area contributed by atoms with Crippen LogP contribution in [0.25, 0.3) is 0 Å². The van der Waals surface area contributed by atoms with Crippen LogP contribution in [0.1, 0.15) is 63.9 Å². The van der Waals surface area contributed by atoms with Crippen LogP contribution in [0, 0.1) is 0 Å². The van der Waals surface area contributed by atoms with Gasteiger partial charge in [0.2, 0.25) is 0 Å². The van der Waals surface area contributed by atoms with E-state index in [2.05, 4.69) is 6.92 Å². The predicted octanol–water partition coefficient (Wildman–Crippen LogP) is 5.06.